The molecule has 1 aromatic heterocycles. The topological polar surface area (TPSA) is 48.7 Å². The second-order valence-electron chi connectivity index (χ2n) is 3.79. The zero-order valence-corrected chi connectivity index (χ0v) is 9.09. The molecule has 4 heteroatoms. The molecule has 0 aliphatic heterocycles. The lowest BCUT2D eigenvalue weighted by Crippen LogP contribution is -2.05. The largest absolute Gasteiger partial charge is 0.369 e. The smallest absolute Gasteiger partial charge is 0.146 e. The van der Waals surface area contributed by atoms with Crippen molar-refractivity contribution in [2.45, 2.75) is 19.3 Å². The fraction of sp³-hybridized carbons (Fsp3) is 0.455. The molecule has 1 fully saturated rings. The second kappa shape index (κ2) is 4.50. The molecule has 1 aromatic rings. The van der Waals surface area contributed by atoms with Crippen LogP contribution in [0.5, 0.6) is 0 Å². The Morgan fingerprint density at radius 1 is 1.60 bits per heavy atom. The van der Waals surface area contributed by atoms with Gasteiger partial charge in [0.05, 0.1) is 5.56 Å². The van der Waals surface area contributed by atoms with E-state index in [-0.39, 0.29) is 0 Å². The first kappa shape index (κ1) is 10.3. The molecule has 2 rings (SSSR count). The monoisotopic (exact) mass is 221 g/mol. The maximum absolute atomic E-state index is 8.78. The van der Waals surface area contributed by atoms with Crippen LogP contribution in [-0.4, -0.2) is 11.5 Å². The van der Waals surface area contributed by atoms with Gasteiger partial charge in [0.15, 0.2) is 0 Å². The number of hydrogen-bond acceptors (Lipinski definition) is 3. The predicted octanol–water partition coefficient (Wildman–Crippen LogP) is 2.82. The Kier molecular flexibility index (Phi) is 3.08. The molecule has 78 valence electrons. The van der Waals surface area contributed by atoms with E-state index in [1.54, 1.807) is 12.3 Å². The van der Waals surface area contributed by atoms with Gasteiger partial charge < -0.3 is 5.32 Å². The van der Waals surface area contributed by atoms with E-state index in [2.05, 4.69) is 10.3 Å². The molecule has 0 amide bonds. The van der Waals surface area contributed by atoms with Crippen LogP contribution in [0, 0.1) is 17.2 Å². The van der Waals surface area contributed by atoms with Crippen molar-refractivity contribution < 1.29 is 0 Å². The quantitative estimate of drug-likeness (QED) is 0.851. The molecule has 1 heterocycles. The second-order valence-corrected chi connectivity index (χ2v) is 4.17. The standard InChI is InChI=1S/C11H12ClN3/c12-10-9(7-13)4-6-15-11(10)14-5-3-8-1-2-8/h4,6,8H,1-3,5H2,(H,14,15). The van der Waals surface area contributed by atoms with Crippen LogP contribution in [0.15, 0.2) is 12.3 Å². The van der Waals surface area contributed by atoms with Crippen molar-refractivity contribution in [1.82, 2.24) is 4.98 Å². The first-order valence-corrected chi connectivity index (χ1v) is 5.47. The van der Waals surface area contributed by atoms with E-state index in [9.17, 15) is 0 Å². The summed E-state index contributed by atoms with van der Waals surface area (Å²) in [5.41, 5.74) is 0.473. The summed E-state index contributed by atoms with van der Waals surface area (Å²) >= 11 is 5.99. The molecule has 0 saturated heterocycles. The highest BCUT2D eigenvalue weighted by atomic mass is 35.5. The highest BCUT2D eigenvalue weighted by molar-refractivity contribution is 6.34. The van der Waals surface area contributed by atoms with Gasteiger partial charge in [0.2, 0.25) is 0 Å². The van der Waals surface area contributed by atoms with Crippen molar-refractivity contribution in [3.63, 3.8) is 0 Å². The van der Waals surface area contributed by atoms with Crippen LogP contribution >= 0.6 is 11.6 Å². The number of rotatable bonds is 4. The lowest BCUT2D eigenvalue weighted by atomic mass is 10.2. The lowest BCUT2D eigenvalue weighted by molar-refractivity contribution is 0.758. The molecule has 1 saturated carbocycles. The normalized spacial score (nSPS) is 14.7. The third-order valence-electron chi connectivity index (χ3n) is 2.55. The minimum Gasteiger partial charge on any atom is -0.369 e. The summed E-state index contributed by atoms with van der Waals surface area (Å²) in [7, 11) is 0. The van der Waals surface area contributed by atoms with Crippen LogP contribution in [0.4, 0.5) is 5.82 Å². The Bertz CT molecular complexity index is 393. The van der Waals surface area contributed by atoms with E-state index >= 15 is 0 Å². The molecule has 0 aromatic carbocycles. The van der Waals surface area contributed by atoms with Gasteiger partial charge in [-0.25, -0.2) is 4.98 Å². The minimum absolute atomic E-state index is 0.427. The van der Waals surface area contributed by atoms with E-state index < -0.39 is 0 Å². The number of pyridine rings is 1. The number of hydrogen-bond donors (Lipinski definition) is 1. The van der Waals surface area contributed by atoms with Crippen LogP contribution in [-0.2, 0) is 0 Å². The van der Waals surface area contributed by atoms with Gasteiger partial charge in [0.25, 0.3) is 0 Å². The Balaban J connectivity index is 1.97. The van der Waals surface area contributed by atoms with Crippen LogP contribution in [0.25, 0.3) is 0 Å². The van der Waals surface area contributed by atoms with Crippen molar-refractivity contribution in [2.75, 3.05) is 11.9 Å². The van der Waals surface area contributed by atoms with Crippen LogP contribution in [0.1, 0.15) is 24.8 Å². The Morgan fingerprint density at radius 2 is 2.40 bits per heavy atom. The number of nitrogens with one attached hydrogen (secondary N) is 1. The van der Waals surface area contributed by atoms with E-state index in [1.807, 2.05) is 6.07 Å². The maximum Gasteiger partial charge on any atom is 0.146 e. The van der Waals surface area contributed by atoms with Gasteiger partial charge in [-0.05, 0) is 18.4 Å². The van der Waals surface area contributed by atoms with Crippen molar-refractivity contribution in [2.24, 2.45) is 5.92 Å². The van der Waals surface area contributed by atoms with E-state index in [1.165, 1.54) is 12.8 Å². The van der Waals surface area contributed by atoms with Crippen molar-refractivity contribution in [3.05, 3.63) is 22.8 Å². The summed E-state index contributed by atoms with van der Waals surface area (Å²) in [5.74, 6) is 1.51. The third kappa shape index (κ3) is 2.60. The molecule has 0 radical (unpaired) electrons. The van der Waals surface area contributed by atoms with Gasteiger partial charge in [0, 0.05) is 12.7 Å². The molecule has 0 spiro atoms. The van der Waals surface area contributed by atoms with Gasteiger partial charge in [0.1, 0.15) is 16.9 Å². The lowest BCUT2D eigenvalue weighted by Gasteiger charge is -2.06. The zero-order valence-electron chi connectivity index (χ0n) is 8.33. The Hall–Kier alpha value is -1.27. The molecule has 1 aliphatic rings. The average Bonchev–Trinajstić information content (AvgIpc) is 3.04. The zero-order chi connectivity index (χ0) is 10.7. The number of anilines is 1. The van der Waals surface area contributed by atoms with E-state index in [0.717, 1.165) is 18.9 Å². The molecular weight excluding hydrogens is 210 g/mol. The summed E-state index contributed by atoms with van der Waals surface area (Å²) < 4.78 is 0. The molecule has 15 heavy (non-hydrogen) atoms. The highest BCUT2D eigenvalue weighted by Gasteiger charge is 2.20. The number of nitriles is 1. The van der Waals surface area contributed by atoms with Crippen molar-refractivity contribution in [3.8, 4) is 6.07 Å². The maximum atomic E-state index is 8.78. The van der Waals surface area contributed by atoms with Crippen LogP contribution < -0.4 is 5.32 Å². The fourth-order valence-electron chi connectivity index (χ4n) is 1.45. The molecular formula is C11H12ClN3. The number of nitrogens with zero attached hydrogens (tertiary/aromatic N) is 2. The highest BCUT2D eigenvalue weighted by Crippen LogP contribution is 2.32. The van der Waals surface area contributed by atoms with Gasteiger partial charge in [-0.2, -0.15) is 5.26 Å². The first-order chi connectivity index (χ1) is 7.31. The first-order valence-electron chi connectivity index (χ1n) is 5.09. The van der Waals surface area contributed by atoms with Crippen LogP contribution in [0.3, 0.4) is 0 Å². The summed E-state index contributed by atoms with van der Waals surface area (Å²) in [4.78, 5) is 4.11. The predicted molar refractivity (Wildman–Crippen MR) is 59.8 cm³/mol. The molecule has 0 unspecified atom stereocenters. The molecule has 1 N–H and O–H groups in total. The third-order valence-corrected chi connectivity index (χ3v) is 2.93. The average molecular weight is 222 g/mol. The van der Waals surface area contributed by atoms with Crippen molar-refractivity contribution in [1.29, 1.82) is 5.26 Å². The fourth-order valence-corrected chi connectivity index (χ4v) is 1.68. The van der Waals surface area contributed by atoms with E-state index in [4.69, 9.17) is 16.9 Å². The molecule has 0 atom stereocenters. The molecule has 3 nitrogen and oxygen atoms in total. The number of halogens is 1. The van der Waals surface area contributed by atoms with Crippen molar-refractivity contribution >= 4 is 17.4 Å². The van der Waals surface area contributed by atoms with Gasteiger partial charge in [-0.3, -0.25) is 0 Å². The van der Waals surface area contributed by atoms with Gasteiger partial charge >= 0.3 is 0 Å². The van der Waals surface area contributed by atoms with E-state index in [0.29, 0.717) is 16.4 Å². The van der Waals surface area contributed by atoms with Gasteiger partial charge in [-0.15, -0.1) is 0 Å². The van der Waals surface area contributed by atoms with Gasteiger partial charge in [-0.1, -0.05) is 24.4 Å². The summed E-state index contributed by atoms with van der Waals surface area (Å²) in [5, 5.41) is 12.4. The molecule has 1 aliphatic carbocycles. The summed E-state index contributed by atoms with van der Waals surface area (Å²) in [6.07, 6.45) is 5.46. The molecule has 0 bridgehead atoms. The Labute approximate surface area is 94.1 Å². The Morgan fingerprint density at radius 3 is 3.07 bits per heavy atom. The van der Waals surface area contributed by atoms with Crippen LogP contribution in [0.2, 0.25) is 5.02 Å². The minimum atomic E-state index is 0.427. The summed E-state index contributed by atoms with van der Waals surface area (Å²) in [6, 6.07) is 3.65. The number of aromatic nitrogens is 1. The summed E-state index contributed by atoms with van der Waals surface area (Å²) in [6.45, 7) is 0.881. The SMILES string of the molecule is N#Cc1ccnc(NCCC2CC2)c1Cl.